The van der Waals surface area contributed by atoms with E-state index in [1.165, 1.54) is 13.2 Å². The fourth-order valence-corrected chi connectivity index (χ4v) is 1.94. The molecule has 1 aliphatic rings. The first-order valence-corrected chi connectivity index (χ1v) is 6.19. The number of aromatic hydroxyl groups is 2. The zero-order chi connectivity index (χ0) is 14.8. The third-order valence-corrected chi connectivity index (χ3v) is 3.00. The molecular formula is C16H12O5. The lowest BCUT2D eigenvalue weighted by molar-refractivity contribution is 0.174. The molecule has 0 spiro atoms. The SMILES string of the molecule is COc1cc(C#Cc2ccc3c(c2)OCO3)cc(O)c1O. The minimum atomic E-state index is -0.300. The van der Waals surface area contributed by atoms with Crippen LogP contribution < -0.4 is 14.2 Å². The quantitative estimate of drug-likeness (QED) is 0.621. The van der Waals surface area contributed by atoms with Gasteiger partial charge in [-0.25, -0.2) is 0 Å². The standard InChI is InChI=1S/C16H12O5/c1-19-15-8-11(6-12(17)16(15)18)3-2-10-4-5-13-14(7-10)21-9-20-13/h4-8,17-18H,9H2,1H3. The predicted molar refractivity (Wildman–Crippen MR) is 74.9 cm³/mol. The van der Waals surface area contributed by atoms with Gasteiger partial charge >= 0.3 is 0 Å². The first kappa shape index (κ1) is 13.0. The number of hydrogen-bond donors (Lipinski definition) is 2. The number of phenolic OH excluding ortho intramolecular Hbond substituents is 2. The first-order chi connectivity index (χ1) is 10.2. The fraction of sp³-hybridized carbons (Fsp3) is 0.125. The fourth-order valence-electron chi connectivity index (χ4n) is 1.94. The molecule has 0 saturated heterocycles. The van der Waals surface area contributed by atoms with E-state index in [1.807, 2.05) is 6.07 Å². The molecule has 5 nitrogen and oxygen atoms in total. The van der Waals surface area contributed by atoms with Crippen LogP contribution in [0.5, 0.6) is 28.7 Å². The highest BCUT2D eigenvalue weighted by Gasteiger charge is 2.12. The van der Waals surface area contributed by atoms with E-state index >= 15 is 0 Å². The highest BCUT2D eigenvalue weighted by atomic mass is 16.7. The number of benzene rings is 2. The Hall–Kier alpha value is -3.00. The molecule has 0 aliphatic carbocycles. The minimum absolute atomic E-state index is 0.171. The summed E-state index contributed by atoms with van der Waals surface area (Å²) in [6.07, 6.45) is 0. The van der Waals surface area contributed by atoms with Crippen molar-refractivity contribution >= 4 is 0 Å². The molecule has 2 N–H and O–H groups in total. The molecule has 0 fully saturated rings. The molecule has 3 rings (SSSR count). The molecule has 0 aromatic heterocycles. The molecule has 106 valence electrons. The molecule has 5 heteroatoms. The van der Waals surface area contributed by atoms with E-state index in [2.05, 4.69) is 11.8 Å². The van der Waals surface area contributed by atoms with Gasteiger partial charge in [-0.2, -0.15) is 0 Å². The van der Waals surface area contributed by atoms with Crippen molar-refractivity contribution in [3.05, 3.63) is 41.5 Å². The molecule has 0 amide bonds. The minimum Gasteiger partial charge on any atom is -0.504 e. The summed E-state index contributed by atoms with van der Waals surface area (Å²) in [6, 6.07) is 8.32. The second-order valence-corrected chi connectivity index (χ2v) is 4.36. The van der Waals surface area contributed by atoms with Gasteiger partial charge in [-0.15, -0.1) is 0 Å². The number of ether oxygens (including phenoxy) is 3. The summed E-state index contributed by atoms with van der Waals surface area (Å²) in [6.45, 7) is 0.218. The maximum Gasteiger partial charge on any atom is 0.231 e. The van der Waals surface area contributed by atoms with E-state index in [9.17, 15) is 10.2 Å². The Labute approximate surface area is 121 Å². The van der Waals surface area contributed by atoms with E-state index in [1.54, 1.807) is 18.2 Å². The Bertz CT molecular complexity index is 755. The third kappa shape index (κ3) is 2.51. The van der Waals surface area contributed by atoms with Gasteiger partial charge in [0.05, 0.1) is 7.11 Å². The van der Waals surface area contributed by atoms with E-state index in [4.69, 9.17) is 14.2 Å². The second kappa shape index (κ2) is 5.17. The largest absolute Gasteiger partial charge is 0.504 e. The molecule has 1 heterocycles. The summed E-state index contributed by atoms with van der Waals surface area (Å²) in [5.41, 5.74) is 1.28. The Balaban J connectivity index is 1.92. The lowest BCUT2D eigenvalue weighted by Crippen LogP contribution is -1.92. The summed E-state index contributed by atoms with van der Waals surface area (Å²) in [5.74, 6) is 6.81. The molecule has 1 aliphatic heterocycles. The zero-order valence-corrected chi connectivity index (χ0v) is 11.2. The zero-order valence-electron chi connectivity index (χ0n) is 11.2. The van der Waals surface area contributed by atoms with Crippen molar-refractivity contribution in [1.82, 2.24) is 0 Å². The van der Waals surface area contributed by atoms with E-state index < -0.39 is 0 Å². The molecule has 2 aromatic rings. The maximum absolute atomic E-state index is 9.60. The van der Waals surface area contributed by atoms with Crippen LogP contribution in [-0.2, 0) is 0 Å². The van der Waals surface area contributed by atoms with Crippen LogP contribution in [0.2, 0.25) is 0 Å². The Kier molecular flexibility index (Phi) is 3.20. The smallest absolute Gasteiger partial charge is 0.231 e. The number of rotatable bonds is 1. The van der Waals surface area contributed by atoms with Crippen LogP contribution in [0, 0.1) is 11.8 Å². The van der Waals surface area contributed by atoms with Gasteiger partial charge in [-0.3, -0.25) is 0 Å². The third-order valence-electron chi connectivity index (χ3n) is 3.00. The molecule has 2 aromatic carbocycles. The summed E-state index contributed by atoms with van der Waals surface area (Å²) < 4.78 is 15.5. The lowest BCUT2D eigenvalue weighted by atomic mass is 10.1. The van der Waals surface area contributed by atoms with Crippen molar-refractivity contribution in [3.8, 4) is 40.6 Å². The van der Waals surface area contributed by atoms with Crippen LogP contribution in [0.25, 0.3) is 0 Å². The summed E-state index contributed by atoms with van der Waals surface area (Å²) in [7, 11) is 1.41. The van der Waals surface area contributed by atoms with Gasteiger partial charge in [0.2, 0.25) is 12.5 Å². The summed E-state index contributed by atoms with van der Waals surface area (Å²) >= 11 is 0. The molecule has 0 atom stereocenters. The van der Waals surface area contributed by atoms with Gasteiger partial charge in [-0.1, -0.05) is 11.8 Å². The molecule has 0 bridgehead atoms. The van der Waals surface area contributed by atoms with Crippen molar-refractivity contribution < 1.29 is 24.4 Å². The van der Waals surface area contributed by atoms with Crippen molar-refractivity contribution in [3.63, 3.8) is 0 Å². The Morgan fingerprint density at radius 3 is 2.57 bits per heavy atom. The normalized spacial score (nSPS) is 11.7. The van der Waals surface area contributed by atoms with E-state index in [0.29, 0.717) is 17.1 Å². The van der Waals surface area contributed by atoms with Crippen molar-refractivity contribution in [2.75, 3.05) is 13.9 Å². The predicted octanol–water partition coefficient (Wildman–Crippen LogP) is 2.23. The van der Waals surface area contributed by atoms with Crippen LogP contribution in [0.3, 0.4) is 0 Å². The maximum atomic E-state index is 9.60. The summed E-state index contributed by atoms with van der Waals surface area (Å²) in [5, 5.41) is 19.2. The van der Waals surface area contributed by atoms with Crippen LogP contribution in [0.4, 0.5) is 0 Å². The number of fused-ring (bicyclic) bond motifs is 1. The number of phenols is 2. The Morgan fingerprint density at radius 2 is 1.76 bits per heavy atom. The molecule has 0 unspecified atom stereocenters. The van der Waals surface area contributed by atoms with Gasteiger partial charge in [0.25, 0.3) is 0 Å². The van der Waals surface area contributed by atoms with E-state index in [0.717, 1.165) is 5.56 Å². The average Bonchev–Trinajstić information content (AvgIpc) is 2.95. The van der Waals surface area contributed by atoms with Gasteiger partial charge in [0, 0.05) is 11.1 Å². The van der Waals surface area contributed by atoms with Crippen molar-refractivity contribution in [2.45, 2.75) is 0 Å². The van der Waals surface area contributed by atoms with Gasteiger partial charge in [-0.05, 0) is 30.3 Å². The van der Waals surface area contributed by atoms with E-state index in [-0.39, 0.29) is 24.0 Å². The second-order valence-electron chi connectivity index (χ2n) is 4.36. The monoisotopic (exact) mass is 284 g/mol. The van der Waals surface area contributed by atoms with Gasteiger partial charge in [0.1, 0.15) is 0 Å². The Morgan fingerprint density at radius 1 is 1.00 bits per heavy atom. The van der Waals surface area contributed by atoms with Crippen LogP contribution in [-0.4, -0.2) is 24.1 Å². The van der Waals surface area contributed by atoms with Crippen molar-refractivity contribution in [2.24, 2.45) is 0 Å². The molecule has 0 radical (unpaired) electrons. The lowest BCUT2D eigenvalue weighted by Gasteiger charge is -2.05. The van der Waals surface area contributed by atoms with Gasteiger partial charge < -0.3 is 24.4 Å². The molecular weight excluding hydrogens is 272 g/mol. The number of methoxy groups -OCH3 is 1. The highest BCUT2D eigenvalue weighted by molar-refractivity contribution is 5.57. The topological polar surface area (TPSA) is 68.2 Å². The molecule has 0 saturated carbocycles. The van der Waals surface area contributed by atoms with Gasteiger partial charge in [0.15, 0.2) is 23.0 Å². The summed E-state index contributed by atoms with van der Waals surface area (Å²) in [4.78, 5) is 0. The van der Waals surface area contributed by atoms with Crippen LogP contribution in [0.1, 0.15) is 11.1 Å². The first-order valence-electron chi connectivity index (χ1n) is 6.19. The van der Waals surface area contributed by atoms with Crippen LogP contribution in [0.15, 0.2) is 30.3 Å². The van der Waals surface area contributed by atoms with Crippen LogP contribution >= 0.6 is 0 Å². The highest BCUT2D eigenvalue weighted by Crippen LogP contribution is 2.36. The number of hydrogen-bond acceptors (Lipinski definition) is 5. The average molecular weight is 284 g/mol. The molecule has 21 heavy (non-hydrogen) atoms. The van der Waals surface area contributed by atoms with Crippen molar-refractivity contribution in [1.29, 1.82) is 0 Å².